The van der Waals surface area contributed by atoms with Crippen LogP contribution in [0.1, 0.15) is 18.4 Å². The highest BCUT2D eigenvalue weighted by Gasteiger charge is 2.51. The van der Waals surface area contributed by atoms with Crippen LogP contribution >= 0.6 is 11.3 Å². The fourth-order valence-electron chi connectivity index (χ4n) is 2.79. The Hall–Kier alpha value is -2.60. The van der Waals surface area contributed by atoms with Crippen LogP contribution in [0.25, 0.3) is 11.3 Å². The van der Waals surface area contributed by atoms with Gasteiger partial charge in [-0.2, -0.15) is 11.3 Å². The number of ether oxygens (including phenoxy) is 1. The Labute approximate surface area is 143 Å². The van der Waals surface area contributed by atoms with Crippen LogP contribution in [0.5, 0.6) is 5.75 Å². The van der Waals surface area contributed by atoms with Crippen LogP contribution in [-0.2, 0) is 10.2 Å². The van der Waals surface area contributed by atoms with E-state index in [0.717, 1.165) is 35.4 Å². The van der Waals surface area contributed by atoms with Crippen LogP contribution in [0.4, 0.5) is 5.88 Å². The van der Waals surface area contributed by atoms with Gasteiger partial charge in [-0.1, -0.05) is 17.3 Å². The molecule has 6 heteroatoms. The summed E-state index contributed by atoms with van der Waals surface area (Å²) in [5.41, 5.74) is 2.24. The van der Waals surface area contributed by atoms with Crippen molar-refractivity contribution in [2.24, 2.45) is 0 Å². The van der Waals surface area contributed by atoms with Gasteiger partial charge in [0, 0.05) is 17.0 Å². The molecule has 0 radical (unpaired) electrons. The quantitative estimate of drug-likeness (QED) is 0.760. The van der Waals surface area contributed by atoms with E-state index in [0.29, 0.717) is 5.88 Å². The number of methoxy groups -OCH3 is 1. The van der Waals surface area contributed by atoms with Gasteiger partial charge in [0.15, 0.2) is 0 Å². The molecule has 4 rings (SSSR count). The van der Waals surface area contributed by atoms with Gasteiger partial charge in [0.25, 0.3) is 0 Å². The molecule has 1 aliphatic rings. The molecule has 1 aliphatic carbocycles. The van der Waals surface area contributed by atoms with Crippen LogP contribution < -0.4 is 10.1 Å². The molecule has 24 heavy (non-hydrogen) atoms. The topological polar surface area (TPSA) is 64.4 Å². The van der Waals surface area contributed by atoms with Gasteiger partial charge < -0.3 is 9.26 Å². The number of hydrogen-bond donors (Lipinski definition) is 1. The highest BCUT2D eigenvalue weighted by Crippen LogP contribution is 2.49. The van der Waals surface area contributed by atoms with Crippen molar-refractivity contribution in [3.05, 3.63) is 52.7 Å². The number of aromatic nitrogens is 1. The first-order valence-electron chi connectivity index (χ1n) is 7.66. The summed E-state index contributed by atoms with van der Waals surface area (Å²) in [4.78, 5) is 12.7. The molecule has 1 fully saturated rings. The number of hydrogen-bond acceptors (Lipinski definition) is 5. The van der Waals surface area contributed by atoms with E-state index in [9.17, 15) is 4.79 Å². The van der Waals surface area contributed by atoms with E-state index in [1.165, 1.54) is 0 Å². The second-order valence-electron chi connectivity index (χ2n) is 5.85. The molecular weight excluding hydrogens is 324 g/mol. The second-order valence-corrected chi connectivity index (χ2v) is 6.63. The van der Waals surface area contributed by atoms with Crippen LogP contribution in [0.2, 0.25) is 0 Å². The maximum atomic E-state index is 12.7. The number of carbonyl (C=O) groups is 1. The van der Waals surface area contributed by atoms with E-state index in [4.69, 9.17) is 9.26 Å². The maximum absolute atomic E-state index is 12.7. The van der Waals surface area contributed by atoms with E-state index in [-0.39, 0.29) is 5.91 Å². The second kappa shape index (κ2) is 5.79. The highest BCUT2D eigenvalue weighted by atomic mass is 32.1. The minimum absolute atomic E-state index is 0.0549. The Kier molecular flexibility index (Phi) is 3.61. The van der Waals surface area contributed by atoms with Gasteiger partial charge in [-0.05, 0) is 42.0 Å². The van der Waals surface area contributed by atoms with Crippen LogP contribution in [0.3, 0.4) is 0 Å². The van der Waals surface area contributed by atoms with E-state index >= 15 is 0 Å². The lowest BCUT2D eigenvalue weighted by molar-refractivity contribution is -0.118. The predicted octanol–water partition coefficient (Wildman–Crippen LogP) is 4.08. The molecule has 122 valence electrons. The van der Waals surface area contributed by atoms with E-state index in [2.05, 4.69) is 10.5 Å². The zero-order valence-electron chi connectivity index (χ0n) is 13.1. The first-order chi connectivity index (χ1) is 11.7. The van der Waals surface area contributed by atoms with Crippen molar-refractivity contribution in [2.75, 3.05) is 12.4 Å². The van der Waals surface area contributed by atoms with Gasteiger partial charge in [0.1, 0.15) is 11.4 Å². The molecule has 0 saturated heterocycles. The average molecular weight is 340 g/mol. The minimum Gasteiger partial charge on any atom is -0.497 e. The van der Waals surface area contributed by atoms with Gasteiger partial charge in [0.05, 0.1) is 12.5 Å². The highest BCUT2D eigenvalue weighted by molar-refractivity contribution is 7.08. The Balaban J connectivity index is 1.51. The standard InChI is InChI=1S/C18H16N2O3S/c1-22-14-4-2-13(3-5-14)18(7-8-18)17(21)19-16-10-15(20-23-16)12-6-9-24-11-12/h2-6,9-11H,7-8H2,1H3,(H,19,21). The molecule has 1 aromatic carbocycles. The van der Waals surface area contributed by atoms with Gasteiger partial charge in [-0.25, -0.2) is 0 Å². The normalized spacial score (nSPS) is 15.0. The first kappa shape index (κ1) is 15.0. The Morgan fingerprint density at radius 1 is 1.29 bits per heavy atom. The van der Waals surface area contributed by atoms with E-state index < -0.39 is 5.41 Å². The van der Waals surface area contributed by atoms with Crippen molar-refractivity contribution in [1.82, 2.24) is 5.16 Å². The number of amides is 1. The number of anilines is 1. The monoisotopic (exact) mass is 340 g/mol. The molecular formula is C18H16N2O3S. The lowest BCUT2D eigenvalue weighted by atomic mass is 9.95. The summed E-state index contributed by atoms with van der Waals surface area (Å²) in [6.45, 7) is 0. The van der Waals surface area contributed by atoms with Crippen molar-refractivity contribution in [3.8, 4) is 17.0 Å². The summed E-state index contributed by atoms with van der Waals surface area (Å²) in [5, 5.41) is 10.8. The Bertz CT molecular complexity index is 849. The largest absolute Gasteiger partial charge is 0.497 e. The van der Waals surface area contributed by atoms with Crippen molar-refractivity contribution in [3.63, 3.8) is 0 Å². The third-order valence-corrected chi connectivity index (χ3v) is 5.07. The summed E-state index contributed by atoms with van der Waals surface area (Å²) in [7, 11) is 1.63. The summed E-state index contributed by atoms with van der Waals surface area (Å²) >= 11 is 1.59. The lowest BCUT2D eigenvalue weighted by Crippen LogP contribution is -2.27. The van der Waals surface area contributed by atoms with Gasteiger partial charge in [-0.3, -0.25) is 10.1 Å². The molecule has 0 atom stereocenters. The summed E-state index contributed by atoms with van der Waals surface area (Å²) in [6, 6.07) is 11.4. The number of thiophene rings is 1. The van der Waals surface area contributed by atoms with Crippen LogP contribution in [0.15, 0.2) is 51.7 Å². The molecule has 3 aromatic rings. The van der Waals surface area contributed by atoms with Crippen LogP contribution in [-0.4, -0.2) is 18.2 Å². The Morgan fingerprint density at radius 2 is 2.08 bits per heavy atom. The van der Waals surface area contributed by atoms with Crippen molar-refractivity contribution >= 4 is 23.1 Å². The molecule has 5 nitrogen and oxygen atoms in total. The lowest BCUT2D eigenvalue weighted by Gasteiger charge is -2.14. The fourth-order valence-corrected chi connectivity index (χ4v) is 3.44. The van der Waals surface area contributed by atoms with Crippen molar-refractivity contribution in [2.45, 2.75) is 18.3 Å². The average Bonchev–Trinajstić information content (AvgIpc) is 3.02. The van der Waals surface area contributed by atoms with Crippen LogP contribution in [0, 0.1) is 0 Å². The number of benzene rings is 1. The number of carbonyl (C=O) groups excluding carboxylic acids is 1. The maximum Gasteiger partial charge on any atom is 0.237 e. The van der Waals surface area contributed by atoms with Crippen molar-refractivity contribution < 1.29 is 14.1 Å². The zero-order chi connectivity index (χ0) is 16.6. The molecule has 1 N–H and O–H groups in total. The number of nitrogens with one attached hydrogen (secondary N) is 1. The summed E-state index contributed by atoms with van der Waals surface area (Å²) in [5.74, 6) is 1.10. The van der Waals surface area contributed by atoms with Crippen molar-refractivity contribution in [1.29, 1.82) is 0 Å². The molecule has 0 spiro atoms. The summed E-state index contributed by atoms with van der Waals surface area (Å²) < 4.78 is 10.4. The van der Waals surface area contributed by atoms with Gasteiger partial charge in [-0.15, -0.1) is 0 Å². The Morgan fingerprint density at radius 3 is 2.71 bits per heavy atom. The molecule has 1 amide bonds. The third kappa shape index (κ3) is 2.59. The van der Waals surface area contributed by atoms with E-state index in [1.807, 2.05) is 41.1 Å². The zero-order valence-corrected chi connectivity index (χ0v) is 13.9. The molecule has 2 aromatic heterocycles. The minimum atomic E-state index is -0.471. The first-order valence-corrected chi connectivity index (χ1v) is 8.61. The molecule has 0 aliphatic heterocycles. The van der Waals surface area contributed by atoms with E-state index in [1.54, 1.807) is 24.5 Å². The van der Waals surface area contributed by atoms with Gasteiger partial charge in [0.2, 0.25) is 11.8 Å². The molecule has 0 bridgehead atoms. The molecule has 2 heterocycles. The SMILES string of the molecule is COc1ccc(C2(C(=O)Nc3cc(-c4ccsc4)no3)CC2)cc1. The number of rotatable bonds is 5. The summed E-state index contributed by atoms with van der Waals surface area (Å²) in [6.07, 6.45) is 1.66. The predicted molar refractivity (Wildman–Crippen MR) is 92.4 cm³/mol. The fraction of sp³-hybridized carbons (Fsp3) is 0.222. The number of nitrogens with zero attached hydrogens (tertiary/aromatic N) is 1. The molecule has 0 unspecified atom stereocenters. The smallest absolute Gasteiger partial charge is 0.237 e. The van der Waals surface area contributed by atoms with Gasteiger partial charge >= 0.3 is 0 Å². The molecule has 1 saturated carbocycles. The third-order valence-electron chi connectivity index (χ3n) is 4.39.